The Morgan fingerprint density at radius 3 is 2.47 bits per heavy atom. The second-order valence-corrected chi connectivity index (χ2v) is 8.08. The Morgan fingerprint density at radius 2 is 1.80 bits per heavy atom. The van der Waals surface area contributed by atoms with Crippen molar-refractivity contribution < 1.29 is 22.5 Å². The maximum Gasteiger partial charge on any atom is 0.262 e. The van der Waals surface area contributed by atoms with E-state index >= 15 is 0 Å². The Morgan fingerprint density at radius 1 is 1.10 bits per heavy atom. The zero-order valence-electron chi connectivity index (χ0n) is 16.7. The molecule has 0 atom stereocenters. The maximum absolute atomic E-state index is 12.7. The summed E-state index contributed by atoms with van der Waals surface area (Å²) >= 11 is 0. The van der Waals surface area contributed by atoms with E-state index in [1.54, 1.807) is 55.5 Å². The number of benzene rings is 2. The summed E-state index contributed by atoms with van der Waals surface area (Å²) in [6.07, 6.45) is 3.39. The number of ether oxygens (including phenoxy) is 1. The topological polar surface area (TPSA) is 111 Å². The molecule has 0 aliphatic heterocycles. The molecule has 1 aromatic heterocycles. The van der Waals surface area contributed by atoms with E-state index in [2.05, 4.69) is 15.2 Å². The van der Waals surface area contributed by atoms with Crippen LogP contribution >= 0.6 is 0 Å². The van der Waals surface area contributed by atoms with Crippen LogP contribution in [0.3, 0.4) is 0 Å². The first kappa shape index (κ1) is 21.1. The number of carbonyl (C=O) groups is 1. The molecule has 3 rings (SSSR count). The molecular formula is C21H21N3O5S. The first-order valence-electron chi connectivity index (χ1n) is 8.98. The fraction of sp³-hybridized carbons (Fsp3) is 0.143. The molecule has 0 aliphatic rings. The zero-order valence-corrected chi connectivity index (χ0v) is 17.5. The van der Waals surface area contributed by atoms with Gasteiger partial charge >= 0.3 is 0 Å². The molecule has 2 aromatic carbocycles. The highest BCUT2D eigenvalue weighted by Crippen LogP contribution is 2.26. The lowest BCUT2D eigenvalue weighted by Gasteiger charge is -2.11. The number of carbonyl (C=O) groups excluding carboxylic acids is 1. The SMILES string of the molecule is COc1ccccc1NS(=O)(=O)c1ccc(/C=C\c2onc(C)c2NC(C)=O)cc1. The van der Waals surface area contributed by atoms with Crippen LogP contribution < -0.4 is 14.8 Å². The number of amides is 1. The highest BCUT2D eigenvalue weighted by atomic mass is 32.2. The monoisotopic (exact) mass is 427 g/mol. The van der Waals surface area contributed by atoms with Gasteiger partial charge < -0.3 is 14.6 Å². The fourth-order valence-corrected chi connectivity index (χ4v) is 3.76. The third-order valence-electron chi connectivity index (χ3n) is 4.16. The summed E-state index contributed by atoms with van der Waals surface area (Å²) in [5.74, 6) is 0.600. The Hall–Kier alpha value is -3.59. The lowest BCUT2D eigenvalue weighted by molar-refractivity contribution is -0.114. The van der Waals surface area contributed by atoms with Gasteiger partial charge in [-0.15, -0.1) is 0 Å². The molecule has 0 spiro atoms. The number of hydrogen-bond donors (Lipinski definition) is 2. The van der Waals surface area contributed by atoms with E-state index in [-0.39, 0.29) is 10.8 Å². The van der Waals surface area contributed by atoms with Crippen LogP contribution in [0, 0.1) is 6.92 Å². The third-order valence-corrected chi connectivity index (χ3v) is 5.54. The molecule has 30 heavy (non-hydrogen) atoms. The van der Waals surface area contributed by atoms with Gasteiger partial charge in [-0.2, -0.15) is 0 Å². The van der Waals surface area contributed by atoms with Crippen molar-refractivity contribution in [3.8, 4) is 5.75 Å². The zero-order chi connectivity index (χ0) is 21.7. The molecule has 1 amide bonds. The van der Waals surface area contributed by atoms with Crippen molar-refractivity contribution >= 4 is 39.5 Å². The average Bonchev–Trinajstić information content (AvgIpc) is 3.06. The smallest absolute Gasteiger partial charge is 0.262 e. The number of aryl methyl sites for hydroxylation is 1. The largest absolute Gasteiger partial charge is 0.495 e. The van der Waals surface area contributed by atoms with E-state index < -0.39 is 10.0 Å². The van der Waals surface area contributed by atoms with E-state index in [4.69, 9.17) is 9.26 Å². The van der Waals surface area contributed by atoms with Crippen LogP contribution in [0.4, 0.5) is 11.4 Å². The molecule has 2 N–H and O–H groups in total. The van der Waals surface area contributed by atoms with Gasteiger partial charge in [-0.3, -0.25) is 9.52 Å². The molecule has 9 heteroatoms. The van der Waals surface area contributed by atoms with Crippen molar-refractivity contribution in [2.45, 2.75) is 18.7 Å². The number of nitrogens with one attached hydrogen (secondary N) is 2. The van der Waals surface area contributed by atoms with E-state index in [0.717, 1.165) is 5.56 Å². The fourth-order valence-electron chi connectivity index (χ4n) is 2.69. The van der Waals surface area contributed by atoms with E-state index in [0.29, 0.717) is 28.6 Å². The van der Waals surface area contributed by atoms with Crippen molar-refractivity contribution in [1.29, 1.82) is 0 Å². The van der Waals surface area contributed by atoms with Crippen molar-refractivity contribution in [3.05, 3.63) is 65.5 Å². The number of para-hydroxylation sites is 2. The lowest BCUT2D eigenvalue weighted by atomic mass is 10.2. The summed E-state index contributed by atoms with van der Waals surface area (Å²) in [4.78, 5) is 11.4. The molecule has 156 valence electrons. The van der Waals surface area contributed by atoms with Crippen molar-refractivity contribution in [1.82, 2.24) is 5.16 Å². The quantitative estimate of drug-likeness (QED) is 0.591. The molecule has 0 bridgehead atoms. The average molecular weight is 427 g/mol. The van der Waals surface area contributed by atoms with E-state index in [1.165, 1.54) is 26.2 Å². The summed E-state index contributed by atoms with van der Waals surface area (Å²) in [6.45, 7) is 3.12. The van der Waals surface area contributed by atoms with Gasteiger partial charge in [0.05, 0.1) is 17.7 Å². The first-order valence-corrected chi connectivity index (χ1v) is 10.5. The van der Waals surface area contributed by atoms with E-state index in [9.17, 15) is 13.2 Å². The number of rotatable bonds is 7. The van der Waals surface area contributed by atoms with Gasteiger partial charge in [-0.25, -0.2) is 8.42 Å². The molecule has 0 fully saturated rings. The van der Waals surface area contributed by atoms with E-state index in [1.807, 2.05) is 0 Å². The van der Waals surface area contributed by atoms with Crippen molar-refractivity contribution in [3.63, 3.8) is 0 Å². The summed E-state index contributed by atoms with van der Waals surface area (Å²) in [5, 5.41) is 6.52. The molecule has 3 aromatic rings. The Kier molecular flexibility index (Phi) is 6.22. The number of hydrogen-bond acceptors (Lipinski definition) is 6. The van der Waals surface area contributed by atoms with Crippen LogP contribution in [0.25, 0.3) is 12.2 Å². The highest BCUT2D eigenvalue weighted by Gasteiger charge is 2.16. The summed E-state index contributed by atoms with van der Waals surface area (Å²) in [7, 11) is -2.30. The standard InChI is InChI=1S/C21H21N3O5S/c1-14-21(22-15(2)25)20(29-23-14)13-10-16-8-11-17(12-9-16)30(26,27)24-18-6-4-5-7-19(18)28-3/h4-13,24H,1-3H3,(H,22,25)/b13-10-. The Bertz CT molecular complexity index is 1180. The van der Waals surface area contributed by atoms with Crippen LogP contribution in [0.15, 0.2) is 57.9 Å². The van der Waals surface area contributed by atoms with Gasteiger partial charge in [0.15, 0.2) is 5.76 Å². The van der Waals surface area contributed by atoms with Crippen molar-refractivity contribution in [2.24, 2.45) is 0 Å². The molecular weight excluding hydrogens is 406 g/mol. The molecule has 0 saturated heterocycles. The van der Waals surface area contributed by atoms with Crippen LogP contribution in [0.1, 0.15) is 23.9 Å². The summed E-state index contributed by atoms with van der Waals surface area (Å²) in [6, 6.07) is 13.1. The number of methoxy groups -OCH3 is 1. The van der Waals surface area contributed by atoms with Crippen LogP contribution in [0.2, 0.25) is 0 Å². The molecule has 0 unspecified atom stereocenters. The Balaban J connectivity index is 1.78. The second kappa shape index (κ2) is 8.83. The van der Waals surface area contributed by atoms with Crippen LogP contribution in [-0.4, -0.2) is 26.6 Å². The lowest BCUT2D eigenvalue weighted by Crippen LogP contribution is -2.13. The van der Waals surface area contributed by atoms with Crippen molar-refractivity contribution in [2.75, 3.05) is 17.1 Å². The van der Waals surface area contributed by atoms with Gasteiger partial charge in [0.2, 0.25) is 5.91 Å². The number of nitrogens with zero attached hydrogens (tertiary/aromatic N) is 1. The predicted molar refractivity (Wildman–Crippen MR) is 115 cm³/mol. The normalized spacial score (nSPS) is 11.4. The Labute approximate surface area is 174 Å². The number of sulfonamides is 1. The number of aromatic nitrogens is 1. The van der Waals surface area contributed by atoms with Gasteiger partial charge in [0, 0.05) is 6.92 Å². The number of anilines is 2. The van der Waals surface area contributed by atoms with Crippen LogP contribution in [-0.2, 0) is 14.8 Å². The van der Waals surface area contributed by atoms with Gasteiger partial charge in [0.1, 0.15) is 17.1 Å². The molecule has 0 aliphatic carbocycles. The maximum atomic E-state index is 12.7. The summed E-state index contributed by atoms with van der Waals surface area (Å²) < 4.78 is 38.2. The minimum absolute atomic E-state index is 0.111. The minimum atomic E-state index is -3.78. The van der Waals surface area contributed by atoms with Gasteiger partial charge in [-0.1, -0.05) is 35.5 Å². The third kappa shape index (κ3) is 4.87. The predicted octanol–water partition coefficient (Wildman–Crippen LogP) is 3.92. The first-order chi connectivity index (χ1) is 14.3. The molecule has 8 nitrogen and oxygen atoms in total. The second-order valence-electron chi connectivity index (χ2n) is 6.40. The highest BCUT2D eigenvalue weighted by molar-refractivity contribution is 7.92. The summed E-state index contributed by atoms with van der Waals surface area (Å²) in [5.41, 5.74) is 2.16. The molecule has 0 saturated carbocycles. The van der Waals surface area contributed by atoms with Gasteiger partial charge in [-0.05, 0) is 42.8 Å². The minimum Gasteiger partial charge on any atom is -0.495 e. The molecule has 0 radical (unpaired) electrons. The van der Waals surface area contributed by atoms with Crippen LogP contribution in [0.5, 0.6) is 5.75 Å². The van der Waals surface area contributed by atoms with Gasteiger partial charge in [0.25, 0.3) is 10.0 Å². The molecule has 1 heterocycles.